The SMILES string of the molecule is O=C(C1CCC1)N1CCN(c2ccc(F)cc2)CC1. The summed E-state index contributed by atoms with van der Waals surface area (Å²) in [5.41, 5.74) is 1.04. The third kappa shape index (κ3) is 2.57. The van der Waals surface area contributed by atoms with Gasteiger partial charge in [-0.25, -0.2) is 4.39 Å². The fraction of sp³-hybridized carbons (Fsp3) is 0.533. The summed E-state index contributed by atoms with van der Waals surface area (Å²) < 4.78 is 12.9. The van der Waals surface area contributed by atoms with Crippen molar-refractivity contribution >= 4 is 11.6 Å². The molecule has 2 fully saturated rings. The van der Waals surface area contributed by atoms with E-state index >= 15 is 0 Å². The molecule has 0 N–H and O–H groups in total. The smallest absolute Gasteiger partial charge is 0.225 e. The fourth-order valence-corrected chi connectivity index (χ4v) is 2.75. The molecule has 1 amide bonds. The van der Waals surface area contributed by atoms with Crippen molar-refractivity contribution in [3.63, 3.8) is 0 Å². The van der Waals surface area contributed by atoms with Crippen LogP contribution in [0.25, 0.3) is 0 Å². The molecule has 2 aliphatic rings. The first-order valence-electron chi connectivity index (χ1n) is 7.03. The van der Waals surface area contributed by atoms with E-state index in [1.54, 1.807) is 12.1 Å². The molecule has 3 nitrogen and oxygen atoms in total. The molecule has 1 aromatic carbocycles. The summed E-state index contributed by atoms with van der Waals surface area (Å²) in [6.45, 7) is 3.24. The van der Waals surface area contributed by atoms with Crippen LogP contribution < -0.4 is 4.90 Å². The Morgan fingerprint density at radius 3 is 2.21 bits per heavy atom. The quantitative estimate of drug-likeness (QED) is 0.816. The molecular formula is C15H19FN2O. The van der Waals surface area contributed by atoms with Crippen LogP contribution in [0.4, 0.5) is 10.1 Å². The lowest BCUT2D eigenvalue weighted by molar-refractivity contribution is -0.138. The number of piperazine rings is 1. The molecule has 0 unspecified atom stereocenters. The van der Waals surface area contributed by atoms with Crippen LogP contribution in [0.15, 0.2) is 24.3 Å². The molecule has 0 bridgehead atoms. The first-order valence-corrected chi connectivity index (χ1v) is 7.03. The number of hydrogen-bond donors (Lipinski definition) is 0. The van der Waals surface area contributed by atoms with Gasteiger partial charge >= 0.3 is 0 Å². The van der Waals surface area contributed by atoms with Gasteiger partial charge in [-0.15, -0.1) is 0 Å². The molecule has 0 aromatic heterocycles. The number of carbonyl (C=O) groups excluding carboxylic acids is 1. The normalized spacial score (nSPS) is 20.3. The maximum Gasteiger partial charge on any atom is 0.225 e. The van der Waals surface area contributed by atoms with E-state index in [1.165, 1.54) is 18.6 Å². The molecule has 4 heteroatoms. The lowest BCUT2D eigenvalue weighted by atomic mass is 9.84. The molecule has 1 aliphatic heterocycles. The van der Waals surface area contributed by atoms with Gasteiger partial charge in [0.1, 0.15) is 5.82 Å². The second-order valence-corrected chi connectivity index (χ2v) is 5.42. The highest BCUT2D eigenvalue weighted by atomic mass is 19.1. The molecule has 0 spiro atoms. The van der Waals surface area contributed by atoms with E-state index in [9.17, 15) is 9.18 Å². The fourth-order valence-electron chi connectivity index (χ4n) is 2.75. The van der Waals surface area contributed by atoms with Crippen molar-refractivity contribution in [2.75, 3.05) is 31.1 Å². The molecule has 19 heavy (non-hydrogen) atoms. The van der Waals surface area contributed by atoms with E-state index in [1.807, 2.05) is 4.90 Å². The molecule has 102 valence electrons. The topological polar surface area (TPSA) is 23.6 Å². The predicted molar refractivity (Wildman–Crippen MR) is 72.5 cm³/mol. The minimum atomic E-state index is -0.206. The molecule has 1 aliphatic carbocycles. The Hall–Kier alpha value is -1.58. The van der Waals surface area contributed by atoms with Gasteiger partial charge in [0.05, 0.1) is 0 Å². The number of rotatable bonds is 2. The number of hydrogen-bond acceptors (Lipinski definition) is 2. The van der Waals surface area contributed by atoms with Crippen molar-refractivity contribution < 1.29 is 9.18 Å². The van der Waals surface area contributed by atoms with Crippen LogP contribution in [0.2, 0.25) is 0 Å². The second-order valence-electron chi connectivity index (χ2n) is 5.42. The third-order valence-corrected chi connectivity index (χ3v) is 4.24. The van der Waals surface area contributed by atoms with E-state index in [2.05, 4.69) is 4.90 Å². The van der Waals surface area contributed by atoms with Crippen molar-refractivity contribution in [1.82, 2.24) is 4.90 Å². The first-order chi connectivity index (χ1) is 9.24. The van der Waals surface area contributed by atoms with Crippen LogP contribution in [-0.2, 0) is 4.79 Å². The zero-order valence-corrected chi connectivity index (χ0v) is 11.0. The van der Waals surface area contributed by atoms with Crippen LogP contribution in [0, 0.1) is 11.7 Å². The molecular weight excluding hydrogens is 243 g/mol. The van der Waals surface area contributed by atoms with Crippen molar-refractivity contribution in [3.8, 4) is 0 Å². The maximum atomic E-state index is 12.9. The molecule has 1 heterocycles. The molecule has 3 rings (SSSR count). The molecule has 1 saturated heterocycles. The Morgan fingerprint density at radius 1 is 1.05 bits per heavy atom. The van der Waals surface area contributed by atoms with E-state index in [-0.39, 0.29) is 11.7 Å². The average Bonchev–Trinajstić information content (AvgIpc) is 2.38. The number of carbonyl (C=O) groups is 1. The number of nitrogens with zero attached hydrogens (tertiary/aromatic N) is 2. The van der Waals surface area contributed by atoms with Gasteiger partial charge in [0.2, 0.25) is 5.91 Å². The van der Waals surface area contributed by atoms with Gasteiger partial charge in [-0.3, -0.25) is 4.79 Å². The summed E-state index contributed by atoms with van der Waals surface area (Å²) in [6.07, 6.45) is 3.33. The van der Waals surface area contributed by atoms with Crippen molar-refractivity contribution in [2.45, 2.75) is 19.3 Å². The Morgan fingerprint density at radius 2 is 1.68 bits per heavy atom. The van der Waals surface area contributed by atoms with Crippen LogP contribution in [-0.4, -0.2) is 37.0 Å². The summed E-state index contributed by atoms with van der Waals surface area (Å²) in [5.74, 6) is 0.421. The zero-order valence-electron chi connectivity index (χ0n) is 11.0. The summed E-state index contributed by atoms with van der Waals surface area (Å²) in [7, 11) is 0. The number of anilines is 1. The monoisotopic (exact) mass is 262 g/mol. The second kappa shape index (κ2) is 5.19. The number of amides is 1. The largest absolute Gasteiger partial charge is 0.368 e. The lowest BCUT2D eigenvalue weighted by Crippen LogP contribution is -2.51. The molecule has 0 radical (unpaired) electrons. The number of halogens is 1. The summed E-state index contributed by atoms with van der Waals surface area (Å²) >= 11 is 0. The minimum Gasteiger partial charge on any atom is -0.368 e. The summed E-state index contributed by atoms with van der Waals surface area (Å²) in [6, 6.07) is 6.58. The summed E-state index contributed by atoms with van der Waals surface area (Å²) in [4.78, 5) is 16.3. The van der Waals surface area contributed by atoms with Gasteiger partial charge in [0, 0.05) is 37.8 Å². The summed E-state index contributed by atoms with van der Waals surface area (Å²) in [5, 5.41) is 0. The lowest BCUT2D eigenvalue weighted by Gasteiger charge is -2.39. The van der Waals surface area contributed by atoms with Gasteiger partial charge in [0.15, 0.2) is 0 Å². The Bertz CT molecular complexity index is 448. The van der Waals surface area contributed by atoms with E-state index in [4.69, 9.17) is 0 Å². The van der Waals surface area contributed by atoms with Crippen molar-refractivity contribution in [1.29, 1.82) is 0 Å². The average molecular weight is 262 g/mol. The Kier molecular flexibility index (Phi) is 3.40. The Labute approximate surface area is 113 Å². The van der Waals surface area contributed by atoms with Crippen LogP contribution >= 0.6 is 0 Å². The zero-order chi connectivity index (χ0) is 13.2. The van der Waals surface area contributed by atoms with Crippen LogP contribution in [0.5, 0.6) is 0 Å². The Balaban J connectivity index is 1.56. The minimum absolute atomic E-state index is 0.206. The van der Waals surface area contributed by atoms with Gasteiger partial charge in [-0.1, -0.05) is 6.42 Å². The van der Waals surface area contributed by atoms with Crippen molar-refractivity contribution in [3.05, 3.63) is 30.1 Å². The highest BCUT2D eigenvalue weighted by Gasteiger charge is 2.31. The van der Waals surface area contributed by atoms with Crippen LogP contribution in [0.1, 0.15) is 19.3 Å². The third-order valence-electron chi connectivity index (χ3n) is 4.24. The highest BCUT2D eigenvalue weighted by Crippen LogP contribution is 2.29. The maximum absolute atomic E-state index is 12.9. The van der Waals surface area contributed by atoms with Gasteiger partial charge in [-0.2, -0.15) is 0 Å². The highest BCUT2D eigenvalue weighted by molar-refractivity contribution is 5.79. The van der Waals surface area contributed by atoms with E-state index < -0.39 is 0 Å². The molecule has 1 saturated carbocycles. The number of benzene rings is 1. The van der Waals surface area contributed by atoms with Gasteiger partial charge in [-0.05, 0) is 37.1 Å². The first kappa shape index (κ1) is 12.5. The van der Waals surface area contributed by atoms with Crippen molar-refractivity contribution in [2.24, 2.45) is 5.92 Å². The molecule has 1 aromatic rings. The molecule has 0 atom stereocenters. The predicted octanol–water partition coefficient (Wildman–Crippen LogP) is 2.27. The standard InChI is InChI=1S/C15H19FN2O/c16-13-4-6-14(7-5-13)17-8-10-18(11-9-17)15(19)12-2-1-3-12/h4-7,12H,1-3,8-11H2. The van der Waals surface area contributed by atoms with E-state index in [0.717, 1.165) is 44.7 Å². The van der Waals surface area contributed by atoms with Crippen LogP contribution in [0.3, 0.4) is 0 Å². The van der Waals surface area contributed by atoms with Gasteiger partial charge < -0.3 is 9.80 Å². The van der Waals surface area contributed by atoms with Gasteiger partial charge in [0.25, 0.3) is 0 Å². The van der Waals surface area contributed by atoms with E-state index in [0.29, 0.717) is 5.91 Å².